The molecule has 1 fully saturated rings. The molecule has 33 heavy (non-hydrogen) atoms. The zero-order chi connectivity index (χ0) is 24.0. The summed E-state index contributed by atoms with van der Waals surface area (Å²) in [6.45, 7) is 2.82. The SMILES string of the molecule is CN(CC1CCNCC1)C(=O)c1cnc(-c2c[nH]c3ncccc23)cn1.O=C(O)C(F)(F)F. The summed E-state index contributed by atoms with van der Waals surface area (Å²) in [5.74, 6) is -2.29. The summed E-state index contributed by atoms with van der Waals surface area (Å²) >= 11 is 0. The number of carboxylic acid groups (broad SMARTS) is 1. The highest BCUT2D eigenvalue weighted by Crippen LogP contribution is 2.25. The molecule has 0 bridgehead atoms. The van der Waals surface area contributed by atoms with E-state index in [4.69, 9.17) is 9.90 Å². The van der Waals surface area contributed by atoms with Crippen molar-refractivity contribution in [3.8, 4) is 11.3 Å². The van der Waals surface area contributed by atoms with Crippen LogP contribution in [0.4, 0.5) is 13.2 Å². The number of piperidine rings is 1. The van der Waals surface area contributed by atoms with Crippen molar-refractivity contribution in [2.24, 2.45) is 5.92 Å². The van der Waals surface area contributed by atoms with Crippen molar-refractivity contribution in [2.75, 3.05) is 26.7 Å². The predicted octanol–water partition coefficient (Wildman–Crippen LogP) is 2.72. The minimum atomic E-state index is -5.08. The van der Waals surface area contributed by atoms with Gasteiger partial charge in [0.2, 0.25) is 0 Å². The van der Waals surface area contributed by atoms with Crippen molar-refractivity contribution in [3.63, 3.8) is 0 Å². The fourth-order valence-electron chi connectivity index (χ4n) is 3.48. The molecule has 1 saturated heterocycles. The lowest BCUT2D eigenvalue weighted by atomic mass is 9.97. The summed E-state index contributed by atoms with van der Waals surface area (Å²) < 4.78 is 31.7. The van der Waals surface area contributed by atoms with Gasteiger partial charge < -0.3 is 20.3 Å². The van der Waals surface area contributed by atoms with E-state index in [1.807, 2.05) is 25.4 Å². The first-order valence-corrected chi connectivity index (χ1v) is 10.2. The Labute approximate surface area is 187 Å². The van der Waals surface area contributed by atoms with E-state index in [9.17, 15) is 18.0 Å². The summed E-state index contributed by atoms with van der Waals surface area (Å²) in [6, 6.07) is 3.88. The second-order valence-corrected chi connectivity index (χ2v) is 7.57. The van der Waals surface area contributed by atoms with Crippen molar-refractivity contribution < 1.29 is 27.9 Å². The lowest BCUT2D eigenvalue weighted by molar-refractivity contribution is -0.192. The van der Waals surface area contributed by atoms with Crippen LogP contribution in [0.25, 0.3) is 22.3 Å². The van der Waals surface area contributed by atoms with E-state index in [-0.39, 0.29) is 5.91 Å². The van der Waals surface area contributed by atoms with Crippen molar-refractivity contribution in [3.05, 3.63) is 42.6 Å². The van der Waals surface area contributed by atoms with Gasteiger partial charge in [0, 0.05) is 36.9 Å². The molecule has 176 valence electrons. The molecule has 0 saturated carbocycles. The number of hydrogen-bond donors (Lipinski definition) is 3. The standard InChI is InChI=1S/C19H22N6O.C2HF3O2/c1-25(12-13-4-7-20-8-5-13)19(26)17-11-22-16(10-23-17)15-9-24-18-14(15)3-2-6-21-18;3-2(4,5)1(6)7/h2-3,6,9-11,13,20H,4-5,7-8,12H2,1H3,(H,21,24);(H,6,7). The molecule has 0 radical (unpaired) electrons. The third-order valence-electron chi connectivity index (χ3n) is 5.18. The fraction of sp³-hybridized carbons (Fsp3) is 0.381. The number of hydrogen-bond acceptors (Lipinski definition) is 6. The highest BCUT2D eigenvalue weighted by Gasteiger charge is 2.38. The fourth-order valence-corrected chi connectivity index (χ4v) is 3.48. The first-order chi connectivity index (χ1) is 15.7. The van der Waals surface area contributed by atoms with E-state index >= 15 is 0 Å². The quantitative estimate of drug-likeness (QED) is 0.542. The van der Waals surface area contributed by atoms with E-state index in [1.165, 1.54) is 0 Å². The number of nitrogens with one attached hydrogen (secondary N) is 2. The van der Waals surface area contributed by atoms with Gasteiger partial charge in [-0.1, -0.05) is 0 Å². The van der Waals surface area contributed by atoms with Crippen LogP contribution >= 0.6 is 0 Å². The number of carbonyl (C=O) groups excluding carboxylic acids is 1. The van der Waals surface area contributed by atoms with Crippen molar-refractivity contribution in [1.29, 1.82) is 0 Å². The van der Waals surface area contributed by atoms with Crippen LogP contribution in [0.15, 0.2) is 36.9 Å². The number of carbonyl (C=O) groups is 2. The van der Waals surface area contributed by atoms with Crippen molar-refractivity contribution in [1.82, 2.24) is 30.2 Å². The van der Waals surface area contributed by atoms with Crippen LogP contribution in [0.3, 0.4) is 0 Å². The number of fused-ring (bicyclic) bond motifs is 1. The number of H-pyrrole nitrogens is 1. The zero-order valence-electron chi connectivity index (χ0n) is 17.8. The van der Waals surface area contributed by atoms with Crippen LogP contribution < -0.4 is 5.32 Å². The van der Waals surface area contributed by atoms with Crippen LogP contribution in [0.5, 0.6) is 0 Å². The monoisotopic (exact) mass is 464 g/mol. The summed E-state index contributed by atoms with van der Waals surface area (Å²) in [6.07, 6.45) is 3.96. The Hall–Kier alpha value is -3.54. The molecule has 0 spiro atoms. The second-order valence-electron chi connectivity index (χ2n) is 7.57. The second kappa shape index (κ2) is 10.4. The molecule has 1 aliphatic heterocycles. The molecule has 0 atom stereocenters. The Balaban J connectivity index is 0.000000383. The summed E-state index contributed by atoms with van der Waals surface area (Å²) in [4.78, 5) is 39.5. The maximum atomic E-state index is 12.6. The molecule has 0 unspecified atom stereocenters. The van der Waals surface area contributed by atoms with Crippen LogP contribution in [0, 0.1) is 5.92 Å². The predicted molar refractivity (Wildman–Crippen MR) is 113 cm³/mol. The van der Waals surface area contributed by atoms with Gasteiger partial charge in [-0.2, -0.15) is 13.2 Å². The third kappa shape index (κ3) is 6.25. The number of alkyl halides is 3. The van der Waals surface area contributed by atoms with Gasteiger partial charge in [0.05, 0.1) is 18.1 Å². The molecule has 3 N–H and O–H groups in total. The summed E-state index contributed by atoms with van der Waals surface area (Å²) in [5.41, 5.74) is 2.85. The van der Waals surface area contributed by atoms with E-state index in [0.29, 0.717) is 11.6 Å². The van der Waals surface area contributed by atoms with Crippen LogP contribution in [0.2, 0.25) is 0 Å². The molecule has 9 nitrogen and oxygen atoms in total. The van der Waals surface area contributed by atoms with E-state index in [1.54, 1.807) is 23.5 Å². The average molecular weight is 464 g/mol. The topological polar surface area (TPSA) is 124 Å². The summed E-state index contributed by atoms with van der Waals surface area (Å²) in [7, 11) is 1.84. The molecule has 4 rings (SSSR count). The molecule has 1 amide bonds. The smallest absolute Gasteiger partial charge is 0.475 e. The molecule has 3 aromatic rings. The Morgan fingerprint density at radius 2 is 1.88 bits per heavy atom. The number of halogens is 3. The maximum absolute atomic E-state index is 12.6. The summed E-state index contributed by atoms with van der Waals surface area (Å²) in [5, 5.41) is 11.5. The van der Waals surface area contributed by atoms with Crippen LogP contribution in [-0.4, -0.2) is 74.7 Å². The van der Waals surface area contributed by atoms with E-state index in [2.05, 4.69) is 25.3 Å². The lowest BCUT2D eigenvalue weighted by Gasteiger charge is -2.27. The Morgan fingerprint density at radius 1 is 1.18 bits per heavy atom. The normalized spacial score (nSPS) is 14.4. The van der Waals surface area contributed by atoms with Gasteiger partial charge in [0.25, 0.3) is 5.91 Å². The minimum Gasteiger partial charge on any atom is -0.475 e. The Kier molecular flexibility index (Phi) is 7.59. The average Bonchev–Trinajstić information content (AvgIpc) is 3.23. The van der Waals surface area contributed by atoms with E-state index in [0.717, 1.165) is 54.8 Å². The number of rotatable bonds is 4. The molecular weight excluding hydrogens is 441 g/mol. The van der Waals surface area contributed by atoms with Gasteiger partial charge in [0.1, 0.15) is 11.3 Å². The first kappa shape index (κ1) is 24.1. The van der Waals surface area contributed by atoms with Crippen LogP contribution in [0.1, 0.15) is 23.3 Å². The minimum absolute atomic E-state index is 0.0804. The number of carboxylic acids is 1. The highest BCUT2D eigenvalue weighted by molar-refractivity contribution is 5.94. The number of aromatic amines is 1. The Morgan fingerprint density at radius 3 is 2.48 bits per heavy atom. The van der Waals surface area contributed by atoms with Crippen molar-refractivity contribution >= 4 is 22.9 Å². The molecule has 0 aliphatic carbocycles. The number of nitrogens with zero attached hydrogens (tertiary/aromatic N) is 4. The third-order valence-corrected chi connectivity index (χ3v) is 5.18. The van der Waals surface area contributed by atoms with Gasteiger partial charge in [-0.25, -0.2) is 14.8 Å². The first-order valence-electron chi connectivity index (χ1n) is 10.2. The number of amides is 1. The number of pyridine rings is 1. The number of aromatic nitrogens is 4. The van der Waals surface area contributed by atoms with Gasteiger partial charge in [-0.3, -0.25) is 9.78 Å². The molecule has 1 aliphatic rings. The molecular formula is C21H23F3N6O3. The van der Waals surface area contributed by atoms with Crippen LogP contribution in [-0.2, 0) is 4.79 Å². The highest BCUT2D eigenvalue weighted by atomic mass is 19.4. The van der Waals surface area contributed by atoms with Gasteiger partial charge in [-0.05, 0) is 44.0 Å². The van der Waals surface area contributed by atoms with E-state index < -0.39 is 12.1 Å². The molecule has 12 heteroatoms. The number of aliphatic carboxylic acids is 1. The largest absolute Gasteiger partial charge is 0.490 e. The van der Waals surface area contributed by atoms with Crippen molar-refractivity contribution in [2.45, 2.75) is 19.0 Å². The van der Waals surface area contributed by atoms with Gasteiger partial charge >= 0.3 is 12.1 Å². The van der Waals surface area contributed by atoms with Gasteiger partial charge in [-0.15, -0.1) is 0 Å². The van der Waals surface area contributed by atoms with Gasteiger partial charge in [0.15, 0.2) is 0 Å². The lowest BCUT2D eigenvalue weighted by Crippen LogP contribution is -2.37. The molecule has 4 heterocycles. The maximum Gasteiger partial charge on any atom is 0.490 e. The molecule has 0 aromatic carbocycles. The molecule has 3 aromatic heterocycles. The Bertz CT molecular complexity index is 1090. The zero-order valence-corrected chi connectivity index (χ0v) is 17.8.